The van der Waals surface area contributed by atoms with Gasteiger partial charge in [0, 0.05) is 43.9 Å². The van der Waals surface area contributed by atoms with Gasteiger partial charge in [0.2, 0.25) is 0 Å². The zero-order valence-electron chi connectivity index (χ0n) is 13.6. The number of hydrogen-bond donors (Lipinski definition) is 2. The van der Waals surface area contributed by atoms with Crippen molar-refractivity contribution in [1.82, 2.24) is 4.90 Å². The van der Waals surface area contributed by atoms with Gasteiger partial charge >= 0.3 is 0 Å². The highest BCUT2D eigenvalue weighted by Gasteiger charge is 2.28. The number of piperidine rings is 1. The van der Waals surface area contributed by atoms with E-state index < -0.39 is 0 Å². The second-order valence-corrected chi connectivity index (χ2v) is 6.38. The van der Waals surface area contributed by atoms with E-state index in [1.807, 2.05) is 18.2 Å². The molecule has 2 aromatic carbocycles. The van der Waals surface area contributed by atoms with E-state index in [1.54, 1.807) is 0 Å². The zero-order chi connectivity index (χ0) is 15.9. The van der Waals surface area contributed by atoms with Gasteiger partial charge in [0.15, 0.2) is 0 Å². The Morgan fingerprint density at radius 2 is 1.70 bits per heavy atom. The molecule has 0 aromatic heterocycles. The molecule has 1 fully saturated rings. The van der Waals surface area contributed by atoms with E-state index in [0.29, 0.717) is 12.0 Å². The van der Waals surface area contributed by atoms with Crippen molar-refractivity contribution in [3.63, 3.8) is 0 Å². The number of hydrogen-bond acceptors (Lipinski definition) is 3. The monoisotopic (exact) mass is 310 g/mol. The van der Waals surface area contributed by atoms with Crippen LogP contribution in [-0.4, -0.2) is 42.3 Å². The van der Waals surface area contributed by atoms with Crippen molar-refractivity contribution in [3.8, 4) is 0 Å². The molecule has 2 N–H and O–H groups in total. The van der Waals surface area contributed by atoms with Gasteiger partial charge in [-0.2, -0.15) is 0 Å². The van der Waals surface area contributed by atoms with Crippen LogP contribution in [-0.2, 0) is 6.42 Å². The normalized spacial score (nSPS) is 22.0. The first-order chi connectivity index (χ1) is 11.3. The molecule has 3 heteroatoms. The Kier molecular flexibility index (Phi) is 5.67. The highest BCUT2D eigenvalue weighted by atomic mass is 16.3. The molecule has 2 aromatic rings. The summed E-state index contributed by atoms with van der Waals surface area (Å²) < 4.78 is 0. The number of aliphatic hydroxyl groups excluding tert-OH is 1. The number of anilines is 1. The minimum atomic E-state index is 0.242. The van der Waals surface area contributed by atoms with Crippen molar-refractivity contribution in [2.24, 2.45) is 5.92 Å². The minimum Gasteiger partial charge on any atom is -0.396 e. The molecule has 1 heterocycles. The van der Waals surface area contributed by atoms with Gasteiger partial charge in [0.05, 0.1) is 0 Å². The number of benzene rings is 2. The first-order valence-electron chi connectivity index (χ1n) is 8.54. The number of nitrogens with one attached hydrogen (secondary N) is 1. The van der Waals surface area contributed by atoms with Crippen molar-refractivity contribution in [1.29, 1.82) is 0 Å². The fraction of sp³-hybridized carbons (Fsp3) is 0.400. The Balaban J connectivity index is 1.52. The average Bonchev–Trinajstić information content (AvgIpc) is 2.62. The largest absolute Gasteiger partial charge is 0.396 e. The topological polar surface area (TPSA) is 35.5 Å². The molecule has 0 aliphatic carbocycles. The maximum atomic E-state index is 9.78. The Bertz CT molecular complexity index is 573. The number of aliphatic hydroxyl groups is 1. The third-order valence-corrected chi connectivity index (χ3v) is 4.74. The van der Waals surface area contributed by atoms with Gasteiger partial charge in [-0.25, -0.2) is 0 Å². The Morgan fingerprint density at radius 1 is 1.00 bits per heavy atom. The van der Waals surface area contributed by atoms with Crippen LogP contribution in [0.4, 0.5) is 5.69 Å². The summed E-state index contributed by atoms with van der Waals surface area (Å²) >= 11 is 0. The summed E-state index contributed by atoms with van der Waals surface area (Å²) in [6, 6.07) is 21.3. The summed E-state index contributed by atoms with van der Waals surface area (Å²) in [7, 11) is 0. The Labute approximate surface area is 139 Å². The summed E-state index contributed by atoms with van der Waals surface area (Å²) in [5, 5.41) is 13.4. The summed E-state index contributed by atoms with van der Waals surface area (Å²) in [6.45, 7) is 3.37. The highest BCUT2D eigenvalue weighted by molar-refractivity contribution is 5.43. The lowest BCUT2D eigenvalue weighted by Crippen LogP contribution is -2.48. The fourth-order valence-electron chi connectivity index (χ4n) is 3.37. The van der Waals surface area contributed by atoms with Crippen LogP contribution in [0, 0.1) is 5.92 Å². The average molecular weight is 310 g/mol. The molecule has 3 nitrogen and oxygen atoms in total. The molecule has 3 rings (SSSR count). The predicted molar refractivity (Wildman–Crippen MR) is 95.6 cm³/mol. The lowest BCUT2D eigenvalue weighted by molar-refractivity contribution is 0.111. The molecular formula is C20H26N2O. The molecule has 0 saturated carbocycles. The standard InChI is InChI=1S/C20H26N2O/c23-16-18-15-22(13-11-17-7-3-1-4-8-17)14-12-20(18)21-19-9-5-2-6-10-19/h1-10,18,20-21,23H,11-16H2/t18-,20+/m0/s1. The quantitative estimate of drug-likeness (QED) is 0.861. The Morgan fingerprint density at radius 3 is 2.39 bits per heavy atom. The zero-order valence-corrected chi connectivity index (χ0v) is 13.6. The second-order valence-electron chi connectivity index (χ2n) is 6.38. The second kappa shape index (κ2) is 8.14. The first kappa shape index (κ1) is 16.0. The summed E-state index contributed by atoms with van der Waals surface area (Å²) in [5.41, 5.74) is 2.53. The molecule has 2 atom stereocenters. The molecule has 0 amide bonds. The van der Waals surface area contributed by atoms with Gasteiger partial charge in [-0.05, 0) is 30.5 Å². The van der Waals surface area contributed by atoms with Crippen LogP contribution in [0.2, 0.25) is 0 Å². The third-order valence-electron chi connectivity index (χ3n) is 4.74. The Hall–Kier alpha value is -1.84. The van der Waals surface area contributed by atoms with Gasteiger partial charge in [0.1, 0.15) is 0 Å². The number of likely N-dealkylation sites (tertiary alicyclic amines) is 1. The van der Waals surface area contributed by atoms with Gasteiger partial charge in [-0.1, -0.05) is 48.5 Å². The van der Waals surface area contributed by atoms with Crippen LogP contribution >= 0.6 is 0 Å². The lowest BCUT2D eigenvalue weighted by Gasteiger charge is -2.38. The van der Waals surface area contributed by atoms with Gasteiger partial charge in [-0.3, -0.25) is 0 Å². The molecule has 122 valence electrons. The summed E-state index contributed by atoms with van der Waals surface area (Å²) in [5.74, 6) is 0.291. The van der Waals surface area contributed by atoms with Crippen LogP contribution in [0.1, 0.15) is 12.0 Å². The van der Waals surface area contributed by atoms with E-state index in [9.17, 15) is 5.11 Å². The van der Waals surface area contributed by atoms with Crippen molar-refractivity contribution in [2.75, 3.05) is 31.6 Å². The van der Waals surface area contributed by atoms with E-state index in [2.05, 4.69) is 52.7 Å². The number of nitrogens with zero attached hydrogens (tertiary/aromatic N) is 1. The van der Waals surface area contributed by atoms with E-state index in [0.717, 1.165) is 38.2 Å². The molecule has 23 heavy (non-hydrogen) atoms. The van der Waals surface area contributed by atoms with Gasteiger partial charge in [0.25, 0.3) is 0 Å². The molecule has 1 saturated heterocycles. The van der Waals surface area contributed by atoms with Crippen LogP contribution in [0.15, 0.2) is 60.7 Å². The molecule has 0 bridgehead atoms. The van der Waals surface area contributed by atoms with Crippen molar-refractivity contribution in [3.05, 3.63) is 66.2 Å². The van der Waals surface area contributed by atoms with Crippen molar-refractivity contribution < 1.29 is 5.11 Å². The van der Waals surface area contributed by atoms with E-state index >= 15 is 0 Å². The third kappa shape index (κ3) is 4.57. The predicted octanol–water partition coefficient (Wildman–Crippen LogP) is 3.02. The van der Waals surface area contributed by atoms with Crippen LogP contribution in [0.3, 0.4) is 0 Å². The molecule has 1 aliphatic heterocycles. The minimum absolute atomic E-state index is 0.242. The van der Waals surface area contributed by atoms with Gasteiger partial charge in [-0.15, -0.1) is 0 Å². The molecule has 0 radical (unpaired) electrons. The fourth-order valence-corrected chi connectivity index (χ4v) is 3.37. The molecule has 0 unspecified atom stereocenters. The van der Waals surface area contributed by atoms with Crippen LogP contribution < -0.4 is 5.32 Å². The van der Waals surface area contributed by atoms with Crippen molar-refractivity contribution in [2.45, 2.75) is 18.9 Å². The van der Waals surface area contributed by atoms with Crippen molar-refractivity contribution >= 4 is 5.69 Å². The maximum Gasteiger partial charge on any atom is 0.0491 e. The lowest BCUT2D eigenvalue weighted by atomic mass is 9.92. The van der Waals surface area contributed by atoms with E-state index in [-0.39, 0.29) is 6.61 Å². The van der Waals surface area contributed by atoms with Crippen LogP contribution in [0.5, 0.6) is 0 Å². The maximum absolute atomic E-state index is 9.78. The molecular weight excluding hydrogens is 284 g/mol. The molecule has 0 spiro atoms. The van der Waals surface area contributed by atoms with Crippen LogP contribution in [0.25, 0.3) is 0 Å². The first-order valence-corrected chi connectivity index (χ1v) is 8.54. The summed E-state index contributed by atoms with van der Waals surface area (Å²) in [6.07, 6.45) is 2.16. The molecule has 1 aliphatic rings. The van der Waals surface area contributed by atoms with E-state index in [1.165, 1.54) is 5.56 Å². The summed E-state index contributed by atoms with van der Waals surface area (Å²) in [4.78, 5) is 2.48. The van der Waals surface area contributed by atoms with E-state index in [4.69, 9.17) is 0 Å². The SMILES string of the molecule is OC[C@@H]1CN(CCc2ccccc2)CC[C@H]1Nc1ccccc1. The number of rotatable bonds is 6. The smallest absolute Gasteiger partial charge is 0.0491 e. The van der Waals surface area contributed by atoms with Gasteiger partial charge < -0.3 is 15.3 Å². The number of para-hydroxylation sites is 1. The highest BCUT2D eigenvalue weighted by Crippen LogP contribution is 2.21.